The van der Waals surface area contributed by atoms with Crippen LogP contribution in [-0.2, 0) is 41.5 Å². The largest absolute Gasteiger partial charge is 0.391 e. The summed E-state index contributed by atoms with van der Waals surface area (Å²) in [5, 5.41) is 35.6. The highest BCUT2D eigenvalue weighted by Gasteiger charge is 2.44. The van der Waals surface area contributed by atoms with Crippen molar-refractivity contribution < 1.29 is 47.6 Å². The molecule has 6 rings (SSSR count). The van der Waals surface area contributed by atoms with Crippen molar-refractivity contribution in [1.82, 2.24) is 41.0 Å². The number of likely N-dealkylation sites (tertiary alicyclic amines) is 2. The lowest BCUT2D eigenvalue weighted by atomic mass is 9.93. The van der Waals surface area contributed by atoms with E-state index in [2.05, 4.69) is 31.2 Å². The first-order valence-corrected chi connectivity index (χ1v) is 21.1. The van der Waals surface area contributed by atoms with E-state index in [4.69, 9.17) is 9.47 Å². The summed E-state index contributed by atoms with van der Waals surface area (Å²) in [4.78, 5) is 64.6. The van der Waals surface area contributed by atoms with Gasteiger partial charge in [0.05, 0.1) is 60.0 Å². The van der Waals surface area contributed by atoms with Gasteiger partial charge < -0.3 is 60.7 Å². The van der Waals surface area contributed by atoms with Gasteiger partial charge >= 0.3 is 0 Å². The third kappa shape index (κ3) is 9.35. The van der Waals surface area contributed by atoms with Crippen LogP contribution in [0, 0.1) is 11.6 Å². The quantitative estimate of drug-likeness (QED) is 0.0772. The molecule has 2 aliphatic heterocycles. The molecule has 0 saturated carbocycles. The van der Waals surface area contributed by atoms with E-state index in [-0.39, 0.29) is 38.8 Å². The van der Waals surface area contributed by atoms with E-state index in [9.17, 15) is 38.2 Å². The van der Waals surface area contributed by atoms with E-state index in [1.165, 1.54) is 38.5 Å². The number of nitrogens with one attached hydrogen (secondary N) is 6. The van der Waals surface area contributed by atoms with Crippen molar-refractivity contribution in [1.29, 1.82) is 0 Å². The maximum Gasteiger partial charge on any atom is 0.248 e. The molecule has 0 bridgehead atoms. The summed E-state index contributed by atoms with van der Waals surface area (Å²) in [6.07, 6.45) is -2.67. The first-order chi connectivity index (χ1) is 29.5. The average Bonchev–Trinajstić information content (AvgIpc) is 4.02. The zero-order valence-corrected chi connectivity index (χ0v) is 36.5. The maximum absolute atomic E-state index is 14.9. The number of fused-ring (bicyclic) bond motifs is 2. The Morgan fingerprint density at radius 2 is 1.06 bits per heavy atom. The van der Waals surface area contributed by atoms with E-state index >= 15 is 0 Å². The summed E-state index contributed by atoms with van der Waals surface area (Å²) in [6.45, 7) is 7.07. The Bertz CT molecular complexity index is 2110. The van der Waals surface area contributed by atoms with E-state index in [1.807, 2.05) is 0 Å². The highest BCUT2D eigenvalue weighted by atomic mass is 19.1. The number of aliphatic hydroxyl groups excluding tert-OH is 2. The average molecular weight is 867 g/mol. The monoisotopic (exact) mass is 866 g/mol. The molecule has 0 aliphatic carbocycles. The van der Waals surface area contributed by atoms with Crippen molar-refractivity contribution in [3.8, 4) is 11.4 Å². The SMILES string of the molecule is CN[C@@H](C)C(=O)NC(C(=O)N1CC[C@H](O)[C@H]1Cc1c(-c2[nH]c3cc(F)ccc3c2C[C@@H]2[C@@H](O)CCN2C(=O)[C@@H](NC(=O)[C@H](C)NC)[C@@H](C)OC)[nH]c2cc(F)ccc12)[C@@H](C)OC. The maximum atomic E-state index is 14.9. The summed E-state index contributed by atoms with van der Waals surface area (Å²) in [7, 11) is 6.15. The van der Waals surface area contributed by atoms with Crippen LogP contribution in [0.5, 0.6) is 0 Å². The van der Waals surface area contributed by atoms with E-state index in [0.29, 0.717) is 44.3 Å². The Labute approximate surface area is 359 Å². The normalized spacial score (nSPS) is 22.1. The Morgan fingerprint density at radius 1 is 0.694 bits per heavy atom. The summed E-state index contributed by atoms with van der Waals surface area (Å²) >= 11 is 0. The van der Waals surface area contributed by atoms with Crippen LogP contribution < -0.4 is 21.3 Å². The summed E-state index contributed by atoms with van der Waals surface area (Å²) in [6, 6.07) is 3.65. The van der Waals surface area contributed by atoms with Crippen LogP contribution in [0.2, 0.25) is 0 Å². The molecule has 4 amide bonds. The number of benzene rings is 2. The number of aromatic nitrogens is 2. The smallest absolute Gasteiger partial charge is 0.248 e. The molecule has 1 unspecified atom stereocenters. The second-order valence-corrected chi connectivity index (χ2v) is 16.5. The minimum atomic E-state index is -1.07. The predicted octanol–water partition coefficient (Wildman–Crippen LogP) is 1.86. The Morgan fingerprint density at radius 3 is 1.40 bits per heavy atom. The van der Waals surface area contributed by atoms with Gasteiger partial charge in [0, 0.05) is 49.1 Å². The fourth-order valence-corrected chi connectivity index (χ4v) is 8.65. The van der Waals surface area contributed by atoms with Gasteiger partial charge in [-0.1, -0.05) is 0 Å². The highest BCUT2D eigenvalue weighted by Crippen LogP contribution is 2.40. The van der Waals surface area contributed by atoms with Crippen LogP contribution >= 0.6 is 0 Å². The molecule has 338 valence electrons. The molecule has 0 spiro atoms. The molecule has 18 heteroatoms. The molecule has 8 N–H and O–H groups in total. The van der Waals surface area contributed by atoms with Crippen LogP contribution in [0.25, 0.3) is 33.2 Å². The fourth-order valence-electron chi connectivity index (χ4n) is 8.65. The number of hydrogen-bond donors (Lipinski definition) is 8. The molecule has 2 aliphatic rings. The van der Waals surface area contributed by atoms with E-state index < -0.39 is 95.9 Å². The molecule has 2 aromatic carbocycles. The second kappa shape index (κ2) is 19.6. The number of hydrogen-bond acceptors (Lipinski definition) is 10. The van der Waals surface area contributed by atoms with Crippen molar-refractivity contribution in [3.63, 3.8) is 0 Å². The zero-order chi connectivity index (χ0) is 45.2. The number of ether oxygens (including phenoxy) is 2. The number of rotatable bonds is 17. The number of aliphatic hydroxyl groups is 2. The van der Waals surface area contributed by atoms with Crippen molar-refractivity contribution >= 4 is 45.4 Å². The minimum absolute atomic E-state index is 0.0873. The van der Waals surface area contributed by atoms with Gasteiger partial charge in [-0.05, 0) is 115 Å². The first kappa shape index (κ1) is 46.5. The number of carbonyl (C=O) groups is 4. The van der Waals surface area contributed by atoms with Crippen LogP contribution in [-0.4, -0.2) is 156 Å². The Kier molecular flexibility index (Phi) is 14.7. The molecular weight excluding hydrogens is 807 g/mol. The van der Waals surface area contributed by atoms with Crippen LogP contribution in [0.1, 0.15) is 51.7 Å². The lowest BCUT2D eigenvalue weighted by Gasteiger charge is -2.33. The van der Waals surface area contributed by atoms with Crippen LogP contribution in [0.3, 0.4) is 0 Å². The lowest BCUT2D eigenvalue weighted by Crippen LogP contribution is -2.58. The number of aromatic amines is 2. The molecule has 2 aromatic heterocycles. The lowest BCUT2D eigenvalue weighted by molar-refractivity contribution is -0.142. The molecule has 4 aromatic rings. The third-order valence-corrected chi connectivity index (χ3v) is 12.9. The summed E-state index contributed by atoms with van der Waals surface area (Å²) in [5.41, 5.74) is 3.05. The van der Waals surface area contributed by atoms with Crippen molar-refractivity contribution in [2.75, 3.05) is 41.4 Å². The molecule has 62 heavy (non-hydrogen) atoms. The van der Waals surface area contributed by atoms with Crippen LogP contribution in [0.15, 0.2) is 36.4 Å². The third-order valence-electron chi connectivity index (χ3n) is 12.9. The van der Waals surface area contributed by atoms with Crippen molar-refractivity contribution in [2.24, 2.45) is 0 Å². The van der Waals surface area contributed by atoms with E-state index in [1.54, 1.807) is 63.7 Å². The molecule has 16 nitrogen and oxygen atoms in total. The number of H-pyrrole nitrogens is 2. The number of halogens is 2. The van der Waals surface area contributed by atoms with Gasteiger partial charge in [-0.15, -0.1) is 0 Å². The minimum Gasteiger partial charge on any atom is -0.391 e. The topological polar surface area (TPSA) is 213 Å². The molecule has 4 heterocycles. The zero-order valence-electron chi connectivity index (χ0n) is 36.5. The molecular formula is C44H60F2N8O8. The molecule has 2 fully saturated rings. The van der Waals surface area contributed by atoms with Gasteiger partial charge in [0.25, 0.3) is 0 Å². The Hall–Kier alpha value is -4.98. The first-order valence-electron chi connectivity index (χ1n) is 21.1. The van der Waals surface area contributed by atoms with Crippen LogP contribution in [0.4, 0.5) is 8.78 Å². The van der Waals surface area contributed by atoms with Gasteiger partial charge in [0.1, 0.15) is 23.7 Å². The summed E-state index contributed by atoms with van der Waals surface area (Å²) in [5.74, 6) is -2.70. The van der Waals surface area contributed by atoms with Crippen molar-refractivity contribution in [3.05, 3.63) is 59.2 Å². The van der Waals surface area contributed by atoms with Gasteiger partial charge in [-0.2, -0.15) is 0 Å². The second-order valence-electron chi connectivity index (χ2n) is 16.5. The van der Waals surface area contributed by atoms with Gasteiger partial charge in [-0.3, -0.25) is 19.2 Å². The van der Waals surface area contributed by atoms with Crippen molar-refractivity contribution in [2.45, 2.75) is 114 Å². The number of nitrogens with zero attached hydrogens (tertiary/aromatic N) is 2. The predicted molar refractivity (Wildman–Crippen MR) is 229 cm³/mol. The number of likely N-dealkylation sites (N-methyl/N-ethyl adjacent to an activating group) is 2. The van der Waals surface area contributed by atoms with Gasteiger partial charge in [0.15, 0.2) is 0 Å². The van der Waals surface area contributed by atoms with Gasteiger partial charge in [-0.25, -0.2) is 8.78 Å². The standard InChI is InChI=1S/C44H60F2N8O8/c1-21(47-5)41(57)51-37(23(3)61-7)43(59)53-15-13-35(55)33(53)19-29-27-11-9-25(45)17-31(27)49-39(29)40-30(28-12-10-26(46)18-32(28)50-40)20-34-36(56)14-16-54(34)44(60)38(24(4)62-8)52-42(58)22(2)48-6/h9-12,17-18,21-24,33-38,47-50,55-56H,13-16,19-20H2,1-8H3,(H,51,57)(H,52,58)/t21-,22-,23+,24+,33+,34+,35-,36-,37-,38?/m0/s1. The number of carbonyl (C=O) groups excluding carboxylic acids is 4. The number of amides is 4. The molecule has 2 saturated heterocycles. The fraction of sp³-hybridized carbons (Fsp3) is 0.545. The van der Waals surface area contributed by atoms with E-state index in [0.717, 1.165) is 0 Å². The summed E-state index contributed by atoms with van der Waals surface area (Å²) < 4.78 is 40.9. The Balaban J connectivity index is 1.43. The molecule has 10 atom stereocenters. The highest BCUT2D eigenvalue weighted by molar-refractivity contribution is 5.97. The molecule has 0 radical (unpaired) electrons. The van der Waals surface area contributed by atoms with Gasteiger partial charge in [0.2, 0.25) is 23.6 Å². The number of methoxy groups -OCH3 is 2.